The molecule has 4 aromatic rings. The number of nitrogens with zero attached hydrogens (tertiary/aromatic N) is 2. The molecule has 0 aliphatic heterocycles. The Morgan fingerprint density at radius 3 is 2.37 bits per heavy atom. The molecule has 6 heteroatoms. The van der Waals surface area contributed by atoms with Crippen LogP contribution in [-0.2, 0) is 11.2 Å². The van der Waals surface area contributed by atoms with Crippen LogP contribution in [0.2, 0.25) is 0 Å². The van der Waals surface area contributed by atoms with Crippen LogP contribution in [0.5, 0.6) is 0 Å². The summed E-state index contributed by atoms with van der Waals surface area (Å²) < 4.78 is 5.71. The van der Waals surface area contributed by atoms with Crippen LogP contribution in [0.3, 0.4) is 0 Å². The fourth-order valence-electron chi connectivity index (χ4n) is 3.03. The van der Waals surface area contributed by atoms with Gasteiger partial charge in [-0.3, -0.25) is 4.79 Å². The van der Waals surface area contributed by atoms with E-state index in [-0.39, 0.29) is 11.2 Å². The highest BCUT2D eigenvalue weighted by Gasteiger charge is 2.19. The third-order valence-electron chi connectivity index (χ3n) is 4.56. The lowest BCUT2D eigenvalue weighted by atomic mass is 10.0. The van der Waals surface area contributed by atoms with Gasteiger partial charge in [0.05, 0.1) is 11.7 Å². The van der Waals surface area contributed by atoms with Gasteiger partial charge in [0.1, 0.15) is 0 Å². The number of hydrogen-bond donors (Lipinski definition) is 1. The van der Waals surface area contributed by atoms with Crippen molar-refractivity contribution in [3.63, 3.8) is 0 Å². The summed E-state index contributed by atoms with van der Waals surface area (Å²) >= 11 is 1.25. The summed E-state index contributed by atoms with van der Waals surface area (Å²) in [5, 5.41) is 11.2. The zero-order valence-corrected chi connectivity index (χ0v) is 17.3. The van der Waals surface area contributed by atoms with E-state index in [4.69, 9.17) is 4.42 Å². The number of benzene rings is 3. The third-order valence-corrected chi connectivity index (χ3v) is 5.50. The van der Waals surface area contributed by atoms with Gasteiger partial charge in [-0.25, -0.2) is 0 Å². The smallest absolute Gasteiger partial charge is 0.277 e. The Labute approximate surface area is 179 Å². The molecule has 1 N–H and O–H groups in total. The van der Waals surface area contributed by atoms with Crippen LogP contribution < -0.4 is 5.32 Å². The topological polar surface area (TPSA) is 68.0 Å². The predicted molar refractivity (Wildman–Crippen MR) is 119 cm³/mol. The van der Waals surface area contributed by atoms with E-state index in [0.29, 0.717) is 17.5 Å². The molecule has 3 aromatic carbocycles. The Bertz CT molecular complexity index is 1110. The first kappa shape index (κ1) is 19.9. The highest BCUT2D eigenvalue weighted by atomic mass is 32.2. The number of thioether (sulfide) groups is 1. The van der Waals surface area contributed by atoms with Crippen molar-refractivity contribution in [1.82, 2.24) is 10.2 Å². The van der Waals surface area contributed by atoms with Gasteiger partial charge >= 0.3 is 0 Å². The van der Waals surface area contributed by atoms with Gasteiger partial charge in [0, 0.05) is 11.3 Å². The third kappa shape index (κ3) is 4.96. The zero-order chi connectivity index (χ0) is 20.8. The number of amides is 1. The molecule has 0 saturated heterocycles. The highest BCUT2D eigenvalue weighted by Crippen LogP contribution is 2.29. The minimum absolute atomic E-state index is 0.119. The van der Waals surface area contributed by atoms with Gasteiger partial charge in [-0.2, -0.15) is 0 Å². The molecule has 1 amide bonds. The van der Waals surface area contributed by atoms with Crippen LogP contribution in [-0.4, -0.2) is 21.4 Å². The monoisotopic (exact) mass is 415 g/mol. The van der Waals surface area contributed by atoms with E-state index < -0.39 is 0 Å². The average molecular weight is 416 g/mol. The van der Waals surface area contributed by atoms with Crippen molar-refractivity contribution in [2.24, 2.45) is 0 Å². The fourth-order valence-corrected chi connectivity index (χ4v) is 3.73. The van der Waals surface area contributed by atoms with Crippen LogP contribution in [0.15, 0.2) is 94.6 Å². The minimum atomic E-state index is -0.390. The van der Waals surface area contributed by atoms with E-state index in [1.807, 2.05) is 91.9 Å². The number of para-hydroxylation sites is 1. The zero-order valence-electron chi connectivity index (χ0n) is 16.5. The molecule has 150 valence electrons. The first-order valence-corrected chi connectivity index (χ1v) is 10.6. The van der Waals surface area contributed by atoms with Gasteiger partial charge in [0.15, 0.2) is 0 Å². The second-order valence-corrected chi connectivity index (χ2v) is 8.08. The molecule has 0 saturated carbocycles. The normalized spacial score (nSPS) is 11.8. The maximum atomic E-state index is 12.8. The number of rotatable bonds is 7. The number of carbonyl (C=O) groups is 1. The fraction of sp³-hybridized carbons (Fsp3) is 0.125. The molecule has 5 nitrogen and oxygen atoms in total. The molecular weight excluding hydrogens is 394 g/mol. The van der Waals surface area contributed by atoms with E-state index >= 15 is 0 Å². The van der Waals surface area contributed by atoms with Crippen molar-refractivity contribution in [2.75, 3.05) is 5.32 Å². The second kappa shape index (κ2) is 9.41. The first-order chi connectivity index (χ1) is 14.7. The summed E-state index contributed by atoms with van der Waals surface area (Å²) in [5.41, 5.74) is 3.90. The molecule has 1 heterocycles. The average Bonchev–Trinajstić information content (AvgIpc) is 3.22. The molecule has 0 aliphatic carbocycles. The molecule has 4 rings (SSSR count). The van der Waals surface area contributed by atoms with Crippen molar-refractivity contribution in [2.45, 2.75) is 23.8 Å². The molecule has 1 aromatic heterocycles. The summed E-state index contributed by atoms with van der Waals surface area (Å²) in [7, 11) is 0. The molecule has 0 radical (unpaired) electrons. The molecule has 0 bridgehead atoms. The Kier molecular flexibility index (Phi) is 6.25. The maximum absolute atomic E-state index is 12.8. The minimum Gasteiger partial charge on any atom is -0.416 e. The first-order valence-electron chi connectivity index (χ1n) is 9.67. The lowest BCUT2D eigenvalue weighted by Crippen LogP contribution is -2.22. The van der Waals surface area contributed by atoms with E-state index in [1.54, 1.807) is 0 Å². The Morgan fingerprint density at radius 2 is 1.60 bits per heavy atom. The van der Waals surface area contributed by atoms with Crippen molar-refractivity contribution in [3.8, 4) is 11.1 Å². The summed E-state index contributed by atoms with van der Waals surface area (Å²) in [6, 6.07) is 27.7. The Balaban J connectivity index is 1.41. The van der Waals surface area contributed by atoms with E-state index in [1.165, 1.54) is 11.8 Å². The van der Waals surface area contributed by atoms with Gasteiger partial charge < -0.3 is 9.73 Å². The van der Waals surface area contributed by atoms with Crippen LogP contribution in [0.25, 0.3) is 11.1 Å². The van der Waals surface area contributed by atoms with Crippen molar-refractivity contribution >= 4 is 23.4 Å². The van der Waals surface area contributed by atoms with Gasteiger partial charge in [0.2, 0.25) is 11.8 Å². The van der Waals surface area contributed by atoms with Gasteiger partial charge in [-0.15, -0.1) is 10.2 Å². The molecule has 1 atom stereocenters. The summed E-state index contributed by atoms with van der Waals surface area (Å²) in [4.78, 5) is 12.8. The van der Waals surface area contributed by atoms with Crippen LogP contribution in [0, 0.1) is 0 Å². The van der Waals surface area contributed by atoms with Crippen LogP contribution >= 0.6 is 11.8 Å². The number of hydrogen-bond acceptors (Lipinski definition) is 5. The Morgan fingerprint density at radius 1 is 0.933 bits per heavy atom. The van der Waals surface area contributed by atoms with Crippen LogP contribution in [0.1, 0.15) is 18.4 Å². The second-order valence-electron chi connectivity index (χ2n) is 6.79. The quantitative estimate of drug-likeness (QED) is 0.407. The number of aromatic nitrogens is 2. The van der Waals surface area contributed by atoms with E-state index in [9.17, 15) is 4.79 Å². The van der Waals surface area contributed by atoms with E-state index in [0.717, 1.165) is 22.4 Å². The Hall–Kier alpha value is -3.38. The lowest BCUT2D eigenvalue weighted by molar-refractivity contribution is -0.115. The molecular formula is C24H21N3O2S. The summed E-state index contributed by atoms with van der Waals surface area (Å²) in [6.45, 7) is 1.83. The molecule has 0 spiro atoms. The predicted octanol–water partition coefficient (Wildman–Crippen LogP) is 5.45. The number of anilines is 1. The number of carbonyl (C=O) groups excluding carboxylic acids is 1. The highest BCUT2D eigenvalue weighted by molar-refractivity contribution is 8.00. The SMILES string of the molecule is C[C@H](Sc1nnc(Cc2ccccc2)o1)C(=O)Nc1ccccc1-c1ccccc1. The maximum Gasteiger partial charge on any atom is 0.277 e. The van der Waals surface area contributed by atoms with Crippen molar-refractivity contribution in [3.05, 3.63) is 96.4 Å². The number of nitrogens with one attached hydrogen (secondary N) is 1. The van der Waals surface area contributed by atoms with Crippen molar-refractivity contribution < 1.29 is 9.21 Å². The van der Waals surface area contributed by atoms with Crippen molar-refractivity contribution in [1.29, 1.82) is 0 Å². The molecule has 0 aliphatic rings. The summed E-state index contributed by atoms with van der Waals surface area (Å²) in [5.74, 6) is 0.414. The molecule has 30 heavy (non-hydrogen) atoms. The molecule has 0 unspecified atom stereocenters. The van der Waals surface area contributed by atoms with E-state index in [2.05, 4.69) is 15.5 Å². The van der Waals surface area contributed by atoms with Gasteiger partial charge in [0.25, 0.3) is 5.22 Å². The standard InChI is InChI=1S/C24H21N3O2S/c1-17(30-24-27-26-22(29-24)16-18-10-4-2-5-11-18)23(28)25-21-15-9-8-14-20(21)19-12-6-3-7-13-19/h2-15,17H,16H2,1H3,(H,25,28)/t17-/m0/s1. The molecule has 0 fully saturated rings. The van der Waals surface area contributed by atoms with Gasteiger partial charge in [-0.1, -0.05) is 90.6 Å². The van der Waals surface area contributed by atoms with Crippen LogP contribution in [0.4, 0.5) is 5.69 Å². The summed E-state index contributed by atoms with van der Waals surface area (Å²) in [6.07, 6.45) is 0.569. The lowest BCUT2D eigenvalue weighted by Gasteiger charge is -2.14. The van der Waals surface area contributed by atoms with Gasteiger partial charge in [-0.05, 0) is 24.1 Å². The largest absolute Gasteiger partial charge is 0.416 e.